The molecule has 0 unspecified atom stereocenters. The van der Waals surface area contributed by atoms with Gasteiger partial charge in [0, 0.05) is 11.3 Å². The lowest BCUT2D eigenvalue weighted by Crippen LogP contribution is -2.06. The van der Waals surface area contributed by atoms with E-state index in [2.05, 4.69) is 5.10 Å². The van der Waals surface area contributed by atoms with E-state index in [1.165, 1.54) is 22.9 Å². The quantitative estimate of drug-likeness (QED) is 0.823. The fraction of sp³-hybridized carbons (Fsp3) is 0.250. The molecule has 1 aromatic carbocycles. The van der Waals surface area contributed by atoms with Crippen LogP contribution in [-0.2, 0) is 12.8 Å². The molecule has 5 heteroatoms. The largest absolute Gasteiger partial charge is 0.382 e. The zero-order valence-electron chi connectivity index (χ0n) is 9.08. The zero-order valence-corrected chi connectivity index (χ0v) is 9.08. The summed E-state index contributed by atoms with van der Waals surface area (Å²) in [4.78, 5) is 0. The van der Waals surface area contributed by atoms with Gasteiger partial charge in [0.05, 0.1) is 0 Å². The van der Waals surface area contributed by atoms with Gasteiger partial charge in [-0.05, 0) is 31.4 Å². The number of hydrogen-bond acceptors (Lipinski definition) is 2. The van der Waals surface area contributed by atoms with Gasteiger partial charge in [-0.3, -0.25) is 0 Å². The van der Waals surface area contributed by atoms with Gasteiger partial charge in [-0.25, -0.2) is 13.5 Å². The molecule has 0 amide bonds. The van der Waals surface area contributed by atoms with Crippen molar-refractivity contribution in [2.24, 2.45) is 0 Å². The maximum absolute atomic E-state index is 13.7. The fourth-order valence-corrected chi connectivity index (χ4v) is 2.34. The highest BCUT2D eigenvalue weighted by Gasteiger charge is 2.24. The molecule has 2 aromatic rings. The van der Waals surface area contributed by atoms with E-state index in [0.29, 0.717) is 5.82 Å². The van der Waals surface area contributed by atoms with Gasteiger partial charge in [0.15, 0.2) is 11.6 Å². The minimum atomic E-state index is -0.623. The van der Waals surface area contributed by atoms with Crippen molar-refractivity contribution in [1.82, 2.24) is 9.78 Å². The van der Waals surface area contributed by atoms with Crippen molar-refractivity contribution < 1.29 is 8.78 Å². The summed E-state index contributed by atoms with van der Waals surface area (Å²) in [6.07, 6.45) is 2.54. The first kappa shape index (κ1) is 10.3. The Balaban J connectivity index is 2.26. The summed E-state index contributed by atoms with van der Waals surface area (Å²) >= 11 is 0. The van der Waals surface area contributed by atoms with Gasteiger partial charge < -0.3 is 5.73 Å². The van der Waals surface area contributed by atoms with Crippen LogP contribution in [0.1, 0.15) is 17.7 Å². The van der Waals surface area contributed by atoms with Crippen LogP contribution in [0.3, 0.4) is 0 Å². The first-order valence-electron chi connectivity index (χ1n) is 5.49. The number of nitrogens with two attached hydrogens (primary N) is 1. The number of anilines is 1. The van der Waals surface area contributed by atoms with Crippen LogP contribution in [0.4, 0.5) is 14.6 Å². The lowest BCUT2D eigenvalue weighted by Gasteiger charge is -2.07. The average Bonchev–Trinajstić information content (AvgIpc) is 2.84. The van der Waals surface area contributed by atoms with Crippen LogP contribution in [0.15, 0.2) is 18.2 Å². The summed E-state index contributed by atoms with van der Waals surface area (Å²) < 4.78 is 28.7. The Kier molecular flexibility index (Phi) is 2.14. The molecular weight excluding hydrogens is 224 g/mol. The maximum atomic E-state index is 13.7. The Morgan fingerprint density at radius 2 is 1.88 bits per heavy atom. The summed E-state index contributed by atoms with van der Waals surface area (Å²) in [6, 6.07) is 3.77. The van der Waals surface area contributed by atoms with Crippen LogP contribution in [0.25, 0.3) is 5.69 Å². The highest BCUT2D eigenvalue weighted by molar-refractivity contribution is 5.49. The van der Waals surface area contributed by atoms with E-state index < -0.39 is 11.6 Å². The molecule has 3 nitrogen and oxygen atoms in total. The Hall–Kier alpha value is -1.91. The normalized spacial score (nSPS) is 14.0. The molecule has 3 rings (SSSR count). The number of halogens is 2. The monoisotopic (exact) mass is 235 g/mol. The first-order valence-corrected chi connectivity index (χ1v) is 5.49. The van der Waals surface area contributed by atoms with Crippen LogP contribution in [0.2, 0.25) is 0 Å². The lowest BCUT2D eigenvalue weighted by molar-refractivity contribution is 0.556. The molecule has 0 fully saturated rings. The van der Waals surface area contributed by atoms with Gasteiger partial charge in [-0.15, -0.1) is 5.10 Å². The highest BCUT2D eigenvalue weighted by Crippen LogP contribution is 2.30. The van der Waals surface area contributed by atoms with E-state index in [9.17, 15) is 8.78 Å². The standard InChI is InChI=1S/C12H11F2N3/c13-8-4-2-5-9(14)11(8)17-10-6-1-3-7(10)12(15)16-17/h2,4-5H,1,3,6H2,(H2,15,16). The van der Waals surface area contributed by atoms with Crippen molar-refractivity contribution in [2.75, 3.05) is 5.73 Å². The summed E-state index contributed by atoms with van der Waals surface area (Å²) in [5.74, 6) is -0.871. The number of hydrogen-bond donors (Lipinski definition) is 1. The predicted molar refractivity (Wildman–Crippen MR) is 59.9 cm³/mol. The molecule has 0 bridgehead atoms. The molecule has 88 valence electrons. The maximum Gasteiger partial charge on any atom is 0.151 e. The van der Waals surface area contributed by atoms with E-state index in [1.54, 1.807) is 0 Å². The van der Waals surface area contributed by atoms with Crippen LogP contribution in [0.5, 0.6) is 0 Å². The third kappa shape index (κ3) is 1.42. The third-order valence-electron chi connectivity index (χ3n) is 3.11. The molecule has 0 aliphatic heterocycles. The van der Waals surface area contributed by atoms with Gasteiger partial charge in [0.2, 0.25) is 0 Å². The molecule has 0 saturated carbocycles. The minimum absolute atomic E-state index is 0.137. The number of benzene rings is 1. The van der Waals surface area contributed by atoms with Gasteiger partial charge >= 0.3 is 0 Å². The topological polar surface area (TPSA) is 43.8 Å². The molecule has 1 aromatic heterocycles. The van der Waals surface area contributed by atoms with Crippen molar-refractivity contribution in [3.63, 3.8) is 0 Å². The summed E-state index contributed by atoms with van der Waals surface area (Å²) in [7, 11) is 0. The fourth-order valence-electron chi connectivity index (χ4n) is 2.34. The second-order valence-corrected chi connectivity index (χ2v) is 4.15. The molecule has 0 radical (unpaired) electrons. The number of nitrogen functional groups attached to an aromatic ring is 1. The molecule has 1 heterocycles. The van der Waals surface area contributed by atoms with E-state index in [-0.39, 0.29) is 5.69 Å². The minimum Gasteiger partial charge on any atom is -0.382 e. The predicted octanol–water partition coefficient (Wildman–Crippen LogP) is 2.22. The number of para-hydroxylation sites is 1. The first-order chi connectivity index (χ1) is 8.18. The van der Waals surface area contributed by atoms with E-state index in [1.807, 2.05) is 0 Å². The highest BCUT2D eigenvalue weighted by atomic mass is 19.1. The number of aromatic nitrogens is 2. The van der Waals surface area contributed by atoms with Crippen molar-refractivity contribution in [3.8, 4) is 5.69 Å². The van der Waals surface area contributed by atoms with Gasteiger partial charge in [0.25, 0.3) is 0 Å². The molecule has 0 atom stereocenters. The van der Waals surface area contributed by atoms with Crippen LogP contribution in [0, 0.1) is 11.6 Å². The molecule has 17 heavy (non-hydrogen) atoms. The Bertz CT molecular complexity index is 569. The summed E-state index contributed by atoms with van der Waals surface area (Å²) in [5.41, 5.74) is 7.37. The second-order valence-electron chi connectivity index (χ2n) is 4.15. The molecular formula is C12H11F2N3. The molecule has 0 saturated heterocycles. The Morgan fingerprint density at radius 3 is 2.59 bits per heavy atom. The number of fused-ring (bicyclic) bond motifs is 1. The molecule has 2 N–H and O–H groups in total. The number of rotatable bonds is 1. The smallest absolute Gasteiger partial charge is 0.151 e. The van der Waals surface area contributed by atoms with E-state index in [4.69, 9.17) is 5.73 Å². The Labute approximate surface area is 96.9 Å². The van der Waals surface area contributed by atoms with Crippen molar-refractivity contribution >= 4 is 5.82 Å². The summed E-state index contributed by atoms with van der Waals surface area (Å²) in [6.45, 7) is 0. The van der Waals surface area contributed by atoms with Gasteiger partial charge in [-0.1, -0.05) is 6.07 Å². The number of nitrogens with zero attached hydrogens (tertiary/aromatic N) is 2. The zero-order chi connectivity index (χ0) is 12.0. The van der Waals surface area contributed by atoms with Crippen molar-refractivity contribution in [1.29, 1.82) is 0 Å². The van der Waals surface area contributed by atoms with E-state index >= 15 is 0 Å². The van der Waals surface area contributed by atoms with Crippen LogP contribution < -0.4 is 5.73 Å². The van der Waals surface area contributed by atoms with Crippen LogP contribution >= 0.6 is 0 Å². The van der Waals surface area contributed by atoms with Gasteiger partial charge in [-0.2, -0.15) is 0 Å². The molecule has 1 aliphatic rings. The van der Waals surface area contributed by atoms with Crippen molar-refractivity contribution in [3.05, 3.63) is 41.1 Å². The van der Waals surface area contributed by atoms with E-state index in [0.717, 1.165) is 30.5 Å². The average molecular weight is 235 g/mol. The van der Waals surface area contributed by atoms with Crippen molar-refractivity contribution in [2.45, 2.75) is 19.3 Å². The molecule has 1 aliphatic carbocycles. The third-order valence-corrected chi connectivity index (χ3v) is 3.11. The lowest BCUT2D eigenvalue weighted by atomic mass is 10.2. The Morgan fingerprint density at radius 1 is 1.18 bits per heavy atom. The second kappa shape index (κ2) is 3.55. The molecule has 0 spiro atoms. The summed E-state index contributed by atoms with van der Waals surface area (Å²) in [5, 5.41) is 4.04. The van der Waals surface area contributed by atoms with Crippen LogP contribution in [-0.4, -0.2) is 9.78 Å². The van der Waals surface area contributed by atoms with Gasteiger partial charge in [0.1, 0.15) is 11.5 Å². The SMILES string of the molecule is Nc1nn(-c2c(F)cccc2F)c2c1CCC2.